The van der Waals surface area contributed by atoms with E-state index in [1.54, 1.807) is 6.20 Å². The van der Waals surface area contributed by atoms with Crippen LogP contribution in [0.2, 0.25) is 0 Å². The van der Waals surface area contributed by atoms with Crippen LogP contribution >= 0.6 is 11.3 Å². The maximum atomic E-state index is 12.7. The highest BCUT2D eigenvalue weighted by Gasteiger charge is 2.22. The van der Waals surface area contributed by atoms with Gasteiger partial charge in [-0.3, -0.25) is 9.89 Å². The van der Waals surface area contributed by atoms with Crippen molar-refractivity contribution >= 4 is 44.2 Å². The standard InChI is InChI=1S/C22H24N6O2S/c1-13(2)11-23-22(29)18-10-17-19(31-18)21(28-6-8-30-9-7-28)26-20(25-17)14-4-3-5-16-15(14)12-24-27-16/h3-5,10,12-13H,6-9,11H2,1-2H3,(H,23,29)(H,24,27). The van der Waals surface area contributed by atoms with Crippen molar-refractivity contribution in [2.24, 2.45) is 5.92 Å². The molecular weight excluding hydrogens is 412 g/mol. The predicted molar refractivity (Wildman–Crippen MR) is 123 cm³/mol. The largest absolute Gasteiger partial charge is 0.378 e. The maximum Gasteiger partial charge on any atom is 0.261 e. The highest BCUT2D eigenvalue weighted by molar-refractivity contribution is 7.21. The van der Waals surface area contributed by atoms with Crippen molar-refractivity contribution in [3.63, 3.8) is 0 Å². The first-order valence-electron chi connectivity index (χ1n) is 10.4. The normalized spacial score (nSPS) is 14.6. The van der Waals surface area contributed by atoms with Gasteiger partial charge < -0.3 is 15.0 Å². The molecule has 3 aromatic heterocycles. The number of nitrogens with zero attached hydrogens (tertiary/aromatic N) is 4. The average Bonchev–Trinajstić information content (AvgIpc) is 3.44. The van der Waals surface area contributed by atoms with E-state index < -0.39 is 0 Å². The minimum absolute atomic E-state index is 0.0666. The number of aromatic amines is 1. The quantitative estimate of drug-likeness (QED) is 0.497. The molecule has 9 heteroatoms. The molecule has 8 nitrogen and oxygen atoms in total. The van der Waals surface area contributed by atoms with Crippen molar-refractivity contribution in [3.8, 4) is 11.4 Å². The van der Waals surface area contributed by atoms with Crippen molar-refractivity contribution in [2.75, 3.05) is 37.7 Å². The Morgan fingerprint density at radius 2 is 2.13 bits per heavy atom. The van der Waals surface area contributed by atoms with Gasteiger partial charge >= 0.3 is 0 Å². The number of carbonyl (C=O) groups excluding carboxylic acids is 1. The summed E-state index contributed by atoms with van der Waals surface area (Å²) in [6.07, 6.45) is 1.80. The number of benzene rings is 1. The Labute approximate surface area is 183 Å². The number of ether oxygens (including phenoxy) is 1. The van der Waals surface area contributed by atoms with Crippen molar-refractivity contribution in [3.05, 3.63) is 35.3 Å². The predicted octanol–water partition coefficient (Wildman–Crippen LogP) is 3.46. The molecule has 1 aliphatic rings. The zero-order valence-corrected chi connectivity index (χ0v) is 18.3. The minimum Gasteiger partial charge on any atom is -0.378 e. The molecule has 1 fully saturated rings. The van der Waals surface area contributed by atoms with E-state index in [4.69, 9.17) is 14.7 Å². The van der Waals surface area contributed by atoms with Gasteiger partial charge in [-0.05, 0) is 18.1 Å². The molecule has 31 heavy (non-hydrogen) atoms. The molecule has 1 saturated heterocycles. The number of rotatable bonds is 5. The third-order valence-electron chi connectivity index (χ3n) is 5.28. The number of morpholine rings is 1. The Bertz CT molecular complexity index is 1240. The summed E-state index contributed by atoms with van der Waals surface area (Å²) in [5.74, 6) is 1.82. The first-order valence-corrected chi connectivity index (χ1v) is 11.3. The Morgan fingerprint density at radius 1 is 1.29 bits per heavy atom. The Balaban J connectivity index is 1.63. The summed E-state index contributed by atoms with van der Waals surface area (Å²) < 4.78 is 6.47. The summed E-state index contributed by atoms with van der Waals surface area (Å²) in [6, 6.07) is 7.83. The zero-order chi connectivity index (χ0) is 21.4. The van der Waals surface area contributed by atoms with Gasteiger partial charge in [0.15, 0.2) is 11.6 Å². The van der Waals surface area contributed by atoms with Crippen LogP contribution in [0, 0.1) is 5.92 Å². The lowest BCUT2D eigenvalue weighted by molar-refractivity contribution is 0.0953. The van der Waals surface area contributed by atoms with Crippen LogP contribution in [-0.4, -0.2) is 58.9 Å². The molecule has 0 atom stereocenters. The van der Waals surface area contributed by atoms with E-state index >= 15 is 0 Å². The molecule has 0 spiro atoms. The molecule has 0 bridgehead atoms. The molecule has 5 rings (SSSR count). The van der Waals surface area contributed by atoms with Crippen molar-refractivity contribution in [1.82, 2.24) is 25.5 Å². The van der Waals surface area contributed by atoms with E-state index in [2.05, 4.69) is 34.3 Å². The number of H-pyrrole nitrogens is 1. The van der Waals surface area contributed by atoms with Crippen LogP contribution < -0.4 is 10.2 Å². The van der Waals surface area contributed by atoms with E-state index in [0.717, 1.165) is 45.6 Å². The number of aromatic nitrogens is 4. The van der Waals surface area contributed by atoms with E-state index in [9.17, 15) is 4.79 Å². The molecule has 4 heterocycles. The van der Waals surface area contributed by atoms with Gasteiger partial charge in [0, 0.05) is 30.6 Å². The number of fused-ring (bicyclic) bond motifs is 2. The second kappa shape index (κ2) is 8.24. The molecule has 4 aromatic rings. The lowest BCUT2D eigenvalue weighted by Crippen LogP contribution is -2.36. The number of amides is 1. The molecule has 2 N–H and O–H groups in total. The van der Waals surface area contributed by atoms with E-state index in [-0.39, 0.29) is 5.91 Å². The molecule has 0 unspecified atom stereocenters. The third kappa shape index (κ3) is 3.86. The first-order chi connectivity index (χ1) is 15.1. The summed E-state index contributed by atoms with van der Waals surface area (Å²) in [6.45, 7) is 7.63. The van der Waals surface area contributed by atoms with Crippen LogP contribution in [0.4, 0.5) is 5.82 Å². The van der Waals surface area contributed by atoms with Gasteiger partial charge in [0.2, 0.25) is 0 Å². The van der Waals surface area contributed by atoms with E-state index in [1.165, 1.54) is 11.3 Å². The number of hydrogen-bond acceptors (Lipinski definition) is 7. The van der Waals surface area contributed by atoms with E-state index in [0.29, 0.717) is 36.4 Å². The minimum atomic E-state index is -0.0666. The number of hydrogen-bond donors (Lipinski definition) is 2. The zero-order valence-electron chi connectivity index (χ0n) is 17.5. The van der Waals surface area contributed by atoms with Gasteiger partial charge in [-0.15, -0.1) is 11.3 Å². The first kappa shape index (κ1) is 19.9. The number of anilines is 1. The molecule has 0 saturated carbocycles. The van der Waals surface area contributed by atoms with Crippen molar-refractivity contribution in [2.45, 2.75) is 13.8 Å². The summed E-state index contributed by atoms with van der Waals surface area (Å²) in [5, 5.41) is 11.1. The number of nitrogens with one attached hydrogen (secondary N) is 2. The van der Waals surface area contributed by atoms with Gasteiger partial charge in [-0.2, -0.15) is 5.10 Å². The summed E-state index contributed by atoms with van der Waals surface area (Å²) in [5.41, 5.74) is 2.64. The fourth-order valence-electron chi connectivity index (χ4n) is 3.68. The van der Waals surface area contributed by atoms with Gasteiger partial charge in [0.25, 0.3) is 5.91 Å². The third-order valence-corrected chi connectivity index (χ3v) is 6.40. The lowest BCUT2D eigenvalue weighted by atomic mass is 10.1. The lowest BCUT2D eigenvalue weighted by Gasteiger charge is -2.28. The summed E-state index contributed by atoms with van der Waals surface area (Å²) in [4.78, 5) is 25.4. The Kier molecular flexibility index (Phi) is 5.29. The van der Waals surface area contributed by atoms with Crippen LogP contribution in [-0.2, 0) is 4.74 Å². The fraction of sp³-hybridized carbons (Fsp3) is 0.364. The second-order valence-electron chi connectivity index (χ2n) is 8.04. The van der Waals surface area contributed by atoms with Crippen LogP contribution in [0.3, 0.4) is 0 Å². The molecule has 1 amide bonds. The SMILES string of the molecule is CC(C)CNC(=O)c1cc2nc(-c3cccc4[nH]ncc34)nc(N3CCOCC3)c2s1. The van der Waals surface area contributed by atoms with Gasteiger partial charge in [-0.1, -0.05) is 26.0 Å². The molecule has 0 radical (unpaired) electrons. The highest BCUT2D eigenvalue weighted by Crippen LogP contribution is 2.35. The Hall–Kier alpha value is -3.04. The van der Waals surface area contributed by atoms with Crippen molar-refractivity contribution < 1.29 is 9.53 Å². The summed E-state index contributed by atoms with van der Waals surface area (Å²) >= 11 is 1.45. The average molecular weight is 437 g/mol. The van der Waals surface area contributed by atoms with Crippen LogP contribution in [0.5, 0.6) is 0 Å². The van der Waals surface area contributed by atoms with Gasteiger partial charge in [0.05, 0.1) is 40.0 Å². The number of carbonyl (C=O) groups is 1. The second-order valence-corrected chi connectivity index (χ2v) is 9.09. The van der Waals surface area contributed by atoms with Gasteiger partial charge in [0.1, 0.15) is 0 Å². The molecule has 1 aliphatic heterocycles. The van der Waals surface area contributed by atoms with Crippen LogP contribution in [0.1, 0.15) is 23.5 Å². The Morgan fingerprint density at radius 3 is 2.94 bits per heavy atom. The summed E-state index contributed by atoms with van der Waals surface area (Å²) in [7, 11) is 0. The highest BCUT2D eigenvalue weighted by atomic mass is 32.1. The van der Waals surface area contributed by atoms with Crippen LogP contribution in [0.25, 0.3) is 32.5 Å². The number of thiophene rings is 1. The molecular formula is C22H24N6O2S. The van der Waals surface area contributed by atoms with Crippen molar-refractivity contribution in [1.29, 1.82) is 0 Å². The topological polar surface area (TPSA) is 96.0 Å². The van der Waals surface area contributed by atoms with Gasteiger partial charge in [-0.25, -0.2) is 9.97 Å². The maximum absolute atomic E-state index is 12.7. The monoisotopic (exact) mass is 436 g/mol. The molecule has 160 valence electrons. The molecule has 1 aromatic carbocycles. The molecule has 0 aliphatic carbocycles. The fourth-order valence-corrected chi connectivity index (χ4v) is 4.71. The van der Waals surface area contributed by atoms with Crippen LogP contribution in [0.15, 0.2) is 30.5 Å². The smallest absolute Gasteiger partial charge is 0.261 e. The van der Waals surface area contributed by atoms with E-state index in [1.807, 2.05) is 24.3 Å².